The minimum absolute atomic E-state index is 0.274. The van der Waals surface area contributed by atoms with Gasteiger partial charge in [-0.15, -0.1) is 0 Å². The van der Waals surface area contributed by atoms with Gasteiger partial charge in [-0.2, -0.15) is 0 Å². The molecule has 5 heteroatoms. The van der Waals surface area contributed by atoms with Gasteiger partial charge >= 0.3 is 5.97 Å². The van der Waals surface area contributed by atoms with E-state index >= 15 is 0 Å². The Morgan fingerprint density at radius 1 is 1.17 bits per heavy atom. The first kappa shape index (κ1) is 21.1. The van der Waals surface area contributed by atoms with Crippen LogP contribution in [0.3, 0.4) is 0 Å². The highest BCUT2D eigenvalue weighted by Crippen LogP contribution is 2.25. The van der Waals surface area contributed by atoms with Crippen LogP contribution in [0, 0.1) is 0 Å². The zero-order valence-corrected chi connectivity index (χ0v) is 17.3. The Morgan fingerprint density at radius 3 is 2.59 bits per heavy atom. The number of hydrogen-bond donors (Lipinski definition) is 1. The lowest BCUT2D eigenvalue weighted by Crippen LogP contribution is -2.37. The summed E-state index contributed by atoms with van der Waals surface area (Å²) in [7, 11) is 1.38. The molecule has 2 aromatic carbocycles. The number of carbonyl (C=O) groups is 2. The molecule has 1 saturated heterocycles. The second-order valence-corrected chi connectivity index (χ2v) is 7.70. The molecule has 1 fully saturated rings. The van der Waals surface area contributed by atoms with Gasteiger partial charge in [-0.25, -0.2) is 4.79 Å². The fourth-order valence-corrected chi connectivity index (χ4v) is 3.90. The highest BCUT2D eigenvalue weighted by molar-refractivity contribution is 5.89. The van der Waals surface area contributed by atoms with E-state index in [-0.39, 0.29) is 11.9 Å². The monoisotopic (exact) mass is 394 g/mol. The minimum atomic E-state index is -0.319. The number of carbonyl (C=O) groups excluding carboxylic acids is 2. The van der Waals surface area contributed by atoms with Crippen molar-refractivity contribution in [3.05, 3.63) is 71.3 Å². The zero-order chi connectivity index (χ0) is 20.6. The number of methoxy groups -OCH3 is 1. The largest absolute Gasteiger partial charge is 0.465 e. The van der Waals surface area contributed by atoms with Gasteiger partial charge in [-0.1, -0.05) is 49.4 Å². The first-order valence-corrected chi connectivity index (χ1v) is 10.3. The number of nitrogens with zero attached hydrogens (tertiary/aromatic N) is 1. The SMILES string of the molecule is COC(=O)c1ccc(CNCC[C@@H]2CCC(=O)N2C[C@@H](C)c2ccccc2)cc1. The number of amides is 1. The molecule has 29 heavy (non-hydrogen) atoms. The maximum absolute atomic E-state index is 12.4. The van der Waals surface area contributed by atoms with E-state index < -0.39 is 0 Å². The summed E-state index contributed by atoms with van der Waals surface area (Å²) in [5.74, 6) is 0.290. The van der Waals surface area contributed by atoms with Crippen LogP contribution in [0.1, 0.15) is 53.6 Å². The van der Waals surface area contributed by atoms with E-state index in [2.05, 4.69) is 41.4 Å². The van der Waals surface area contributed by atoms with Gasteiger partial charge in [0.15, 0.2) is 0 Å². The smallest absolute Gasteiger partial charge is 0.337 e. The second kappa shape index (κ2) is 10.2. The maximum Gasteiger partial charge on any atom is 0.337 e. The van der Waals surface area contributed by atoms with Crippen LogP contribution in [0.25, 0.3) is 0 Å². The number of nitrogens with one attached hydrogen (secondary N) is 1. The van der Waals surface area contributed by atoms with E-state index in [0.29, 0.717) is 23.9 Å². The summed E-state index contributed by atoms with van der Waals surface area (Å²) in [6.45, 7) is 4.56. The average molecular weight is 395 g/mol. The van der Waals surface area contributed by atoms with Gasteiger partial charge in [0.25, 0.3) is 0 Å². The van der Waals surface area contributed by atoms with E-state index in [1.807, 2.05) is 18.2 Å². The third-order valence-corrected chi connectivity index (χ3v) is 5.65. The van der Waals surface area contributed by atoms with Crippen molar-refractivity contribution in [1.82, 2.24) is 10.2 Å². The summed E-state index contributed by atoms with van der Waals surface area (Å²) >= 11 is 0. The lowest BCUT2D eigenvalue weighted by molar-refractivity contribution is -0.129. The standard InChI is InChI=1S/C24H30N2O3/c1-18(20-6-4-3-5-7-20)17-26-22(12-13-23(26)27)14-15-25-16-19-8-10-21(11-9-19)24(28)29-2/h3-11,18,22,25H,12-17H2,1-2H3/t18-,22+/m1/s1. The number of hydrogen-bond acceptors (Lipinski definition) is 4. The van der Waals surface area contributed by atoms with E-state index in [4.69, 9.17) is 4.74 Å². The van der Waals surface area contributed by atoms with Gasteiger partial charge in [-0.05, 0) is 48.6 Å². The molecule has 0 unspecified atom stereocenters. The van der Waals surface area contributed by atoms with Crippen molar-refractivity contribution in [2.24, 2.45) is 0 Å². The number of ether oxygens (including phenoxy) is 1. The van der Waals surface area contributed by atoms with Gasteiger partial charge in [-0.3, -0.25) is 4.79 Å². The quantitative estimate of drug-likeness (QED) is 0.520. The van der Waals surface area contributed by atoms with Gasteiger partial charge < -0.3 is 15.0 Å². The van der Waals surface area contributed by atoms with Crippen LogP contribution >= 0.6 is 0 Å². The van der Waals surface area contributed by atoms with Crippen LogP contribution < -0.4 is 5.32 Å². The summed E-state index contributed by atoms with van der Waals surface area (Å²) in [6.07, 6.45) is 2.55. The topological polar surface area (TPSA) is 58.6 Å². The predicted molar refractivity (Wildman–Crippen MR) is 114 cm³/mol. The van der Waals surface area contributed by atoms with E-state index in [0.717, 1.165) is 38.0 Å². The molecule has 1 heterocycles. The molecule has 0 radical (unpaired) electrons. The Morgan fingerprint density at radius 2 is 1.90 bits per heavy atom. The fourth-order valence-electron chi connectivity index (χ4n) is 3.90. The lowest BCUT2D eigenvalue weighted by atomic mass is 10.00. The summed E-state index contributed by atoms with van der Waals surface area (Å²) in [5, 5.41) is 3.46. The molecule has 5 nitrogen and oxygen atoms in total. The van der Waals surface area contributed by atoms with Crippen LogP contribution in [-0.2, 0) is 16.1 Å². The Labute approximate surface area is 173 Å². The van der Waals surface area contributed by atoms with E-state index in [1.165, 1.54) is 12.7 Å². The summed E-state index contributed by atoms with van der Waals surface area (Å²) in [6, 6.07) is 18.1. The molecule has 0 spiro atoms. The molecule has 0 aliphatic carbocycles. The predicted octanol–water partition coefficient (Wildman–Crippen LogP) is 3.75. The average Bonchev–Trinajstić information content (AvgIpc) is 3.11. The molecular weight excluding hydrogens is 364 g/mol. The normalized spacial score (nSPS) is 17.4. The molecule has 2 aromatic rings. The Hall–Kier alpha value is -2.66. The highest BCUT2D eigenvalue weighted by atomic mass is 16.5. The molecule has 3 rings (SSSR count). The molecule has 0 saturated carbocycles. The van der Waals surface area contributed by atoms with Crippen molar-refractivity contribution < 1.29 is 14.3 Å². The van der Waals surface area contributed by atoms with Gasteiger partial charge in [0, 0.05) is 25.6 Å². The van der Waals surface area contributed by atoms with Crippen LogP contribution in [0.2, 0.25) is 0 Å². The lowest BCUT2D eigenvalue weighted by Gasteiger charge is -2.28. The van der Waals surface area contributed by atoms with Crippen molar-refractivity contribution in [2.45, 2.75) is 44.7 Å². The van der Waals surface area contributed by atoms with Crippen molar-refractivity contribution in [3.8, 4) is 0 Å². The van der Waals surface area contributed by atoms with Crippen molar-refractivity contribution in [1.29, 1.82) is 0 Å². The fraction of sp³-hybridized carbons (Fsp3) is 0.417. The van der Waals surface area contributed by atoms with Crippen LogP contribution in [-0.4, -0.2) is 43.0 Å². The molecule has 1 amide bonds. The Kier molecular flexibility index (Phi) is 7.42. The molecule has 1 aliphatic heterocycles. The minimum Gasteiger partial charge on any atom is -0.465 e. The summed E-state index contributed by atoms with van der Waals surface area (Å²) in [5.41, 5.74) is 2.96. The highest BCUT2D eigenvalue weighted by Gasteiger charge is 2.31. The third kappa shape index (κ3) is 5.67. The van der Waals surface area contributed by atoms with Crippen molar-refractivity contribution in [3.63, 3.8) is 0 Å². The summed E-state index contributed by atoms with van der Waals surface area (Å²) < 4.78 is 4.72. The molecular formula is C24H30N2O3. The van der Waals surface area contributed by atoms with E-state index in [9.17, 15) is 9.59 Å². The number of likely N-dealkylation sites (tertiary alicyclic amines) is 1. The Balaban J connectivity index is 1.45. The third-order valence-electron chi connectivity index (χ3n) is 5.65. The second-order valence-electron chi connectivity index (χ2n) is 7.70. The van der Waals surface area contributed by atoms with Crippen molar-refractivity contribution >= 4 is 11.9 Å². The first-order chi connectivity index (χ1) is 14.1. The first-order valence-electron chi connectivity index (χ1n) is 10.3. The number of benzene rings is 2. The van der Waals surface area contributed by atoms with Gasteiger partial charge in [0.2, 0.25) is 5.91 Å². The molecule has 154 valence electrons. The molecule has 2 atom stereocenters. The van der Waals surface area contributed by atoms with Crippen molar-refractivity contribution in [2.75, 3.05) is 20.2 Å². The molecule has 1 N–H and O–H groups in total. The zero-order valence-electron chi connectivity index (χ0n) is 17.3. The number of esters is 1. The van der Waals surface area contributed by atoms with Crippen LogP contribution in [0.5, 0.6) is 0 Å². The molecule has 1 aliphatic rings. The number of rotatable bonds is 9. The van der Waals surface area contributed by atoms with Gasteiger partial charge in [0.05, 0.1) is 12.7 Å². The van der Waals surface area contributed by atoms with Crippen LogP contribution in [0.15, 0.2) is 54.6 Å². The van der Waals surface area contributed by atoms with E-state index in [1.54, 1.807) is 12.1 Å². The van der Waals surface area contributed by atoms with Gasteiger partial charge in [0.1, 0.15) is 0 Å². The molecule has 0 aromatic heterocycles. The molecule has 0 bridgehead atoms. The van der Waals surface area contributed by atoms with Crippen LogP contribution in [0.4, 0.5) is 0 Å². The maximum atomic E-state index is 12.4. The Bertz CT molecular complexity index is 805. The summed E-state index contributed by atoms with van der Waals surface area (Å²) in [4.78, 5) is 25.9.